The average Bonchev–Trinajstić information content (AvgIpc) is 2.71. The Hall–Kier alpha value is -2.07. The fourth-order valence-electron chi connectivity index (χ4n) is 1.48. The van der Waals surface area contributed by atoms with Gasteiger partial charge in [0.05, 0.1) is 6.54 Å². The van der Waals surface area contributed by atoms with Crippen LogP contribution in [0.1, 0.15) is 11.7 Å². The predicted molar refractivity (Wildman–Crippen MR) is 63.8 cm³/mol. The number of rotatable bonds is 4. The Bertz CT molecular complexity index is 722. The molecule has 0 aliphatic carbocycles. The third kappa shape index (κ3) is 2.91. The number of benzene rings is 1. The zero-order chi connectivity index (χ0) is 14.9. The Labute approximate surface area is 112 Å². The maximum atomic E-state index is 13.5. The van der Waals surface area contributed by atoms with E-state index < -0.39 is 26.6 Å². The molecular weight excluding hydrogens is 294 g/mol. The van der Waals surface area contributed by atoms with Crippen molar-refractivity contribution in [1.82, 2.24) is 14.9 Å². The molecule has 1 heterocycles. The normalized spacial score (nSPS) is 11.8. The number of hydrogen-bond acceptors (Lipinski definition) is 6. The molecule has 2 aromatic rings. The smallest absolute Gasteiger partial charge is 0.246 e. The van der Waals surface area contributed by atoms with Crippen molar-refractivity contribution in [2.24, 2.45) is 0 Å². The Balaban J connectivity index is 2.27. The van der Waals surface area contributed by atoms with Gasteiger partial charge < -0.3 is 10.3 Å². The molecule has 0 bridgehead atoms. The molecule has 3 N–H and O–H groups in total. The second-order valence-electron chi connectivity index (χ2n) is 3.87. The van der Waals surface area contributed by atoms with Crippen LogP contribution in [-0.2, 0) is 16.6 Å². The van der Waals surface area contributed by atoms with Gasteiger partial charge in [0.15, 0.2) is 10.7 Å². The van der Waals surface area contributed by atoms with Gasteiger partial charge in [-0.2, -0.15) is 4.98 Å². The quantitative estimate of drug-likeness (QED) is 0.805. The predicted octanol–water partition coefficient (Wildman–Crippen LogP) is 0.717. The highest BCUT2D eigenvalue weighted by atomic mass is 32.2. The van der Waals surface area contributed by atoms with Crippen LogP contribution < -0.4 is 10.5 Å². The van der Waals surface area contributed by atoms with Crippen molar-refractivity contribution in [3.8, 4) is 0 Å². The highest BCUT2D eigenvalue weighted by Crippen LogP contribution is 2.21. The molecule has 1 aromatic carbocycles. The molecule has 0 unspecified atom stereocenters. The van der Waals surface area contributed by atoms with Gasteiger partial charge in [-0.1, -0.05) is 5.16 Å². The number of aromatic nitrogens is 2. The van der Waals surface area contributed by atoms with Crippen molar-refractivity contribution in [2.45, 2.75) is 18.4 Å². The molecule has 0 aliphatic rings. The number of nitrogens with two attached hydrogens (primary N) is 1. The topological polar surface area (TPSA) is 111 Å². The van der Waals surface area contributed by atoms with E-state index in [1.807, 2.05) is 4.72 Å². The fourth-order valence-corrected chi connectivity index (χ4v) is 2.57. The van der Waals surface area contributed by atoms with E-state index in [1.165, 1.54) is 0 Å². The van der Waals surface area contributed by atoms with Crippen LogP contribution in [0.3, 0.4) is 0 Å². The van der Waals surface area contributed by atoms with Gasteiger partial charge in [-0.05, 0) is 19.1 Å². The summed E-state index contributed by atoms with van der Waals surface area (Å²) in [6.45, 7) is 1.16. The fraction of sp³-hybridized carbons (Fsp3) is 0.200. The summed E-state index contributed by atoms with van der Waals surface area (Å²) in [5.74, 6) is -2.28. The summed E-state index contributed by atoms with van der Waals surface area (Å²) in [6, 6.07) is 1.43. The van der Waals surface area contributed by atoms with Crippen LogP contribution >= 0.6 is 0 Å². The lowest BCUT2D eigenvalue weighted by Crippen LogP contribution is -2.25. The van der Waals surface area contributed by atoms with E-state index in [-0.39, 0.29) is 18.1 Å². The van der Waals surface area contributed by atoms with Crippen molar-refractivity contribution in [2.75, 3.05) is 5.73 Å². The molecule has 0 fully saturated rings. The van der Waals surface area contributed by atoms with E-state index in [9.17, 15) is 17.2 Å². The monoisotopic (exact) mass is 304 g/mol. The number of hydrogen-bond donors (Lipinski definition) is 2. The van der Waals surface area contributed by atoms with Gasteiger partial charge in [0.1, 0.15) is 11.6 Å². The van der Waals surface area contributed by atoms with Gasteiger partial charge >= 0.3 is 0 Å². The van der Waals surface area contributed by atoms with Crippen molar-refractivity contribution >= 4 is 15.7 Å². The first kappa shape index (κ1) is 14.3. The minimum atomic E-state index is -4.41. The molecule has 10 heteroatoms. The highest BCUT2D eigenvalue weighted by Gasteiger charge is 2.25. The van der Waals surface area contributed by atoms with Gasteiger partial charge in [0, 0.05) is 5.69 Å². The Morgan fingerprint density at radius 3 is 2.45 bits per heavy atom. The van der Waals surface area contributed by atoms with Crippen LogP contribution in [0.15, 0.2) is 21.6 Å². The lowest BCUT2D eigenvalue weighted by Gasteiger charge is -2.07. The number of aryl methyl sites for hydroxylation is 1. The number of nitrogens with zero attached hydrogens (tertiary/aromatic N) is 2. The van der Waals surface area contributed by atoms with Gasteiger partial charge in [-0.25, -0.2) is 21.9 Å². The molecule has 0 saturated carbocycles. The molecule has 0 aliphatic heterocycles. The number of halogens is 2. The summed E-state index contributed by atoms with van der Waals surface area (Å²) in [5, 5.41) is 3.45. The van der Waals surface area contributed by atoms with Crippen LogP contribution in [0.5, 0.6) is 0 Å². The number of nitrogen functional groups attached to an aromatic ring is 1. The third-order valence-electron chi connectivity index (χ3n) is 2.27. The molecule has 0 amide bonds. The Kier molecular flexibility index (Phi) is 3.68. The number of nitrogens with one attached hydrogen (secondary N) is 1. The minimum absolute atomic E-state index is 0.0256. The third-order valence-corrected chi connectivity index (χ3v) is 3.72. The van der Waals surface area contributed by atoms with Crippen LogP contribution in [0.25, 0.3) is 0 Å². The first-order chi connectivity index (χ1) is 9.29. The molecular formula is C10H10F2N4O3S. The highest BCUT2D eigenvalue weighted by molar-refractivity contribution is 7.89. The van der Waals surface area contributed by atoms with E-state index in [0.29, 0.717) is 18.0 Å². The lowest BCUT2D eigenvalue weighted by atomic mass is 10.3. The Morgan fingerprint density at radius 2 is 1.95 bits per heavy atom. The van der Waals surface area contributed by atoms with E-state index in [1.54, 1.807) is 6.92 Å². The molecule has 2 rings (SSSR count). The summed E-state index contributed by atoms with van der Waals surface area (Å²) in [5.41, 5.74) is 4.99. The van der Waals surface area contributed by atoms with Gasteiger partial charge in [0.2, 0.25) is 15.9 Å². The zero-order valence-electron chi connectivity index (χ0n) is 10.2. The molecule has 108 valence electrons. The Morgan fingerprint density at radius 1 is 1.35 bits per heavy atom. The summed E-state index contributed by atoms with van der Waals surface area (Å²) in [6.07, 6.45) is 0. The van der Waals surface area contributed by atoms with Crippen LogP contribution in [0, 0.1) is 18.6 Å². The maximum absolute atomic E-state index is 13.5. The van der Waals surface area contributed by atoms with E-state index >= 15 is 0 Å². The first-order valence-corrected chi connectivity index (χ1v) is 6.81. The molecule has 1 aromatic heterocycles. The molecule has 0 spiro atoms. The van der Waals surface area contributed by atoms with Gasteiger partial charge in [-0.3, -0.25) is 0 Å². The van der Waals surface area contributed by atoms with Crippen molar-refractivity contribution in [3.63, 3.8) is 0 Å². The number of anilines is 1. The molecule has 20 heavy (non-hydrogen) atoms. The SMILES string of the molecule is Cc1noc(CNS(=O)(=O)c2c(F)cc(N)cc2F)n1. The van der Waals surface area contributed by atoms with Crippen molar-refractivity contribution < 1.29 is 21.7 Å². The van der Waals surface area contributed by atoms with Crippen molar-refractivity contribution in [1.29, 1.82) is 0 Å². The van der Waals surface area contributed by atoms with Crippen LogP contribution in [-0.4, -0.2) is 18.6 Å². The molecule has 0 saturated heterocycles. The lowest BCUT2D eigenvalue weighted by molar-refractivity contribution is 0.371. The number of sulfonamides is 1. The molecule has 7 nitrogen and oxygen atoms in total. The van der Waals surface area contributed by atoms with E-state index in [0.717, 1.165) is 0 Å². The average molecular weight is 304 g/mol. The second-order valence-corrected chi connectivity index (χ2v) is 5.58. The van der Waals surface area contributed by atoms with Gasteiger partial charge in [-0.15, -0.1) is 0 Å². The minimum Gasteiger partial charge on any atom is -0.399 e. The molecule has 0 atom stereocenters. The second kappa shape index (κ2) is 5.13. The standard InChI is InChI=1S/C10H10F2N4O3S/c1-5-15-9(19-16-5)4-14-20(17,18)10-7(11)2-6(13)3-8(10)12/h2-3,14H,4,13H2,1H3. The molecule has 0 radical (unpaired) electrons. The first-order valence-electron chi connectivity index (χ1n) is 5.33. The summed E-state index contributed by atoms with van der Waals surface area (Å²) < 4.78 is 57.4. The maximum Gasteiger partial charge on any atom is 0.246 e. The summed E-state index contributed by atoms with van der Waals surface area (Å²) in [4.78, 5) is 2.65. The van der Waals surface area contributed by atoms with E-state index in [2.05, 4.69) is 14.7 Å². The van der Waals surface area contributed by atoms with E-state index in [4.69, 9.17) is 5.73 Å². The largest absolute Gasteiger partial charge is 0.399 e. The van der Waals surface area contributed by atoms with Crippen LogP contribution in [0.2, 0.25) is 0 Å². The zero-order valence-corrected chi connectivity index (χ0v) is 11.0. The van der Waals surface area contributed by atoms with Crippen LogP contribution in [0.4, 0.5) is 14.5 Å². The van der Waals surface area contributed by atoms with Gasteiger partial charge in [0.25, 0.3) is 0 Å². The van der Waals surface area contributed by atoms with Crippen molar-refractivity contribution in [3.05, 3.63) is 35.5 Å². The summed E-state index contributed by atoms with van der Waals surface area (Å²) >= 11 is 0. The summed E-state index contributed by atoms with van der Waals surface area (Å²) in [7, 11) is -4.41.